The normalized spacial score (nSPS) is 18.0. The highest BCUT2D eigenvalue weighted by molar-refractivity contribution is 5.98. The lowest BCUT2D eigenvalue weighted by atomic mass is 10.1. The third-order valence-electron chi connectivity index (χ3n) is 5.63. The molecule has 3 aromatic rings. The Morgan fingerprint density at radius 1 is 1.13 bits per heavy atom. The smallest absolute Gasteiger partial charge is 0.410 e. The van der Waals surface area contributed by atoms with Crippen molar-refractivity contribution >= 4 is 22.9 Å². The molecule has 0 bridgehead atoms. The van der Waals surface area contributed by atoms with Crippen LogP contribution in [0.15, 0.2) is 48.5 Å². The summed E-state index contributed by atoms with van der Waals surface area (Å²) in [5.41, 5.74) is 4.14. The monoisotopic (exact) mass is 419 g/mol. The number of nitrogens with zero attached hydrogens (tertiary/aromatic N) is 1. The highest BCUT2D eigenvalue weighted by Crippen LogP contribution is 2.36. The molecule has 0 saturated carbocycles. The van der Waals surface area contributed by atoms with Gasteiger partial charge >= 0.3 is 6.09 Å². The number of hydrogen-bond donors (Lipinski definition) is 2. The third-order valence-corrected chi connectivity index (χ3v) is 5.63. The van der Waals surface area contributed by atoms with Crippen LogP contribution in [-0.4, -0.2) is 40.6 Å². The zero-order valence-corrected chi connectivity index (χ0v) is 18.7. The fourth-order valence-corrected chi connectivity index (χ4v) is 4.25. The first kappa shape index (κ1) is 21.0. The molecule has 31 heavy (non-hydrogen) atoms. The summed E-state index contributed by atoms with van der Waals surface area (Å²) in [5, 5.41) is 4.15. The molecular weight excluding hydrogens is 390 g/mol. The van der Waals surface area contributed by atoms with Crippen molar-refractivity contribution in [3.05, 3.63) is 70.9 Å². The van der Waals surface area contributed by atoms with Gasteiger partial charge in [-0.05, 0) is 63.4 Å². The van der Waals surface area contributed by atoms with Gasteiger partial charge in [0.25, 0.3) is 5.91 Å². The molecular formula is C25H29N3O3. The SMILES string of the molecule is Cc1ccc2[nH]c(C(=O)N[C@@H]3Cc4ccccc4[C@H]3N(C)C(=O)OC(C)(C)C)cc2c1. The Bertz CT molecular complexity index is 1140. The average Bonchev–Trinajstić information content (AvgIpc) is 3.26. The molecule has 4 rings (SSSR count). The van der Waals surface area contributed by atoms with E-state index in [1.807, 2.05) is 76.2 Å². The number of rotatable bonds is 3. The number of likely N-dealkylation sites (N-methyl/N-ethyl adjacent to an activating group) is 1. The maximum atomic E-state index is 13.1. The molecule has 0 fully saturated rings. The number of aromatic nitrogens is 1. The Morgan fingerprint density at radius 2 is 1.87 bits per heavy atom. The predicted molar refractivity (Wildman–Crippen MR) is 121 cm³/mol. The minimum absolute atomic E-state index is 0.186. The first-order valence-corrected chi connectivity index (χ1v) is 10.6. The van der Waals surface area contributed by atoms with Crippen LogP contribution in [0.1, 0.15) is 54.0 Å². The van der Waals surface area contributed by atoms with Crippen molar-refractivity contribution in [3.8, 4) is 0 Å². The second kappa shape index (κ2) is 7.76. The second-order valence-electron chi connectivity index (χ2n) is 9.29. The van der Waals surface area contributed by atoms with E-state index < -0.39 is 11.7 Å². The van der Waals surface area contributed by atoms with Crippen LogP contribution in [0.25, 0.3) is 10.9 Å². The first-order valence-electron chi connectivity index (χ1n) is 10.6. The molecule has 2 atom stereocenters. The molecule has 162 valence electrons. The maximum absolute atomic E-state index is 13.1. The molecule has 0 radical (unpaired) electrons. The molecule has 2 amide bonds. The van der Waals surface area contributed by atoms with Gasteiger partial charge in [-0.3, -0.25) is 4.79 Å². The zero-order valence-electron chi connectivity index (χ0n) is 18.7. The Labute approximate surface area is 182 Å². The number of benzene rings is 2. The van der Waals surface area contributed by atoms with Crippen molar-refractivity contribution in [1.29, 1.82) is 0 Å². The summed E-state index contributed by atoms with van der Waals surface area (Å²) in [4.78, 5) is 30.7. The first-order chi connectivity index (χ1) is 14.6. The van der Waals surface area contributed by atoms with E-state index in [1.165, 1.54) is 0 Å². The van der Waals surface area contributed by atoms with Crippen LogP contribution >= 0.6 is 0 Å². The van der Waals surface area contributed by atoms with Gasteiger partial charge in [-0.15, -0.1) is 0 Å². The summed E-state index contributed by atoms with van der Waals surface area (Å²) in [7, 11) is 1.73. The number of nitrogens with one attached hydrogen (secondary N) is 2. The third kappa shape index (κ3) is 4.29. The van der Waals surface area contributed by atoms with E-state index >= 15 is 0 Å². The molecule has 2 N–H and O–H groups in total. The van der Waals surface area contributed by atoms with Crippen LogP contribution in [0.2, 0.25) is 0 Å². The van der Waals surface area contributed by atoms with Gasteiger partial charge in [0, 0.05) is 18.0 Å². The summed E-state index contributed by atoms with van der Waals surface area (Å²) in [6, 6.07) is 15.3. The number of fused-ring (bicyclic) bond motifs is 2. The van der Waals surface area contributed by atoms with Gasteiger partial charge in [-0.1, -0.05) is 35.9 Å². The van der Waals surface area contributed by atoms with Crippen LogP contribution < -0.4 is 5.32 Å². The molecule has 0 aliphatic heterocycles. The zero-order chi connectivity index (χ0) is 22.3. The van der Waals surface area contributed by atoms with Crippen LogP contribution in [0.3, 0.4) is 0 Å². The van der Waals surface area contributed by atoms with Gasteiger partial charge in [-0.2, -0.15) is 0 Å². The Hall–Kier alpha value is -3.28. The Morgan fingerprint density at radius 3 is 2.61 bits per heavy atom. The van der Waals surface area contributed by atoms with E-state index in [-0.39, 0.29) is 18.0 Å². The van der Waals surface area contributed by atoms with E-state index in [0.29, 0.717) is 12.1 Å². The molecule has 1 heterocycles. The van der Waals surface area contributed by atoms with Gasteiger partial charge in [0.15, 0.2) is 0 Å². The largest absolute Gasteiger partial charge is 0.444 e. The fraction of sp³-hybridized carbons (Fsp3) is 0.360. The van der Waals surface area contributed by atoms with Crippen LogP contribution in [0.5, 0.6) is 0 Å². The number of aryl methyl sites for hydroxylation is 1. The summed E-state index contributed by atoms with van der Waals surface area (Å²) in [6.45, 7) is 7.56. The quantitative estimate of drug-likeness (QED) is 0.644. The van der Waals surface area contributed by atoms with Crippen LogP contribution in [0.4, 0.5) is 4.79 Å². The highest BCUT2D eigenvalue weighted by Gasteiger charge is 2.39. The summed E-state index contributed by atoms with van der Waals surface area (Å²) in [6.07, 6.45) is 0.244. The molecule has 2 aromatic carbocycles. The Kier molecular flexibility index (Phi) is 5.25. The average molecular weight is 420 g/mol. The number of carbonyl (C=O) groups excluding carboxylic acids is 2. The molecule has 6 heteroatoms. The number of amides is 2. The Balaban J connectivity index is 1.59. The van der Waals surface area contributed by atoms with E-state index in [0.717, 1.165) is 27.6 Å². The van der Waals surface area contributed by atoms with Gasteiger partial charge < -0.3 is 19.9 Å². The van der Waals surface area contributed by atoms with Gasteiger partial charge in [0.2, 0.25) is 0 Å². The van der Waals surface area contributed by atoms with Crippen molar-refractivity contribution in [3.63, 3.8) is 0 Å². The minimum atomic E-state index is -0.593. The van der Waals surface area contributed by atoms with E-state index in [2.05, 4.69) is 10.3 Å². The van der Waals surface area contributed by atoms with Gasteiger partial charge in [-0.25, -0.2) is 4.79 Å². The molecule has 1 aliphatic carbocycles. The molecule has 0 unspecified atom stereocenters. The van der Waals surface area contributed by atoms with Crippen molar-refractivity contribution in [2.45, 2.75) is 51.8 Å². The second-order valence-corrected chi connectivity index (χ2v) is 9.29. The number of hydrogen-bond acceptors (Lipinski definition) is 3. The predicted octanol–water partition coefficient (Wildman–Crippen LogP) is 4.74. The molecule has 6 nitrogen and oxygen atoms in total. The topological polar surface area (TPSA) is 74.4 Å². The fourth-order valence-electron chi connectivity index (χ4n) is 4.25. The number of ether oxygens (including phenoxy) is 1. The van der Waals surface area contributed by atoms with Crippen molar-refractivity contribution in [1.82, 2.24) is 15.2 Å². The summed E-state index contributed by atoms with van der Waals surface area (Å²) >= 11 is 0. The van der Waals surface area contributed by atoms with Gasteiger partial charge in [0.1, 0.15) is 11.3 Å². The van der Waals surface area contributed by atoms with E-state index in [9.17, 15) is 9.59 Å². The van der Waals surface area contributed by atoms with Gasteiger partial charge in [0.05, 0.1) is 12.1 Å². The van der Waals surface area contributed by atoms with Crippen molar-refractivity contribution in [2.75, 3.05) is 7.05 Å². The van der Waals surface area contributed by atoms with Crippen molar-refractivity contribution in [2.24, 2.45) is 0 Å². The van der Waals surface area contributed by atoms with Crippen LogP contribution in [0, 0.1) is 6.92 Å². The number of aromatic amines is 1. The maximum Gasteiger partial charge on any atom is 0.410 e. The molecule has 1 aromatic heterocycles. The molecule has 0 saturated heterocycles. The molecule has 1 aliphatic rings. The lowest BCUT2D eigenvalue weighted by molar-refractivity contribution is 0.0192. The molecule has 0 spiro atoms. The minimum Gasteiger partial charge on any atom is -0.444 e. The highest BCUT2D eigenvalue weighted by atomic mass is 16.6. The van der Waals surface area contributed by atoms with E-state index in [4.69, 9.17) is 4.74 Å². The van der Waals surface area contributed by atoms with Crippen molar-refractivity contribution < 1.29 is 14.3 Å². The van der Waals surface area contributed by atoms with Crippen LogP contribution in [-0.2, 0) is 11.2 Å². The lowest BCUT2D eigenvalue weighted by Gasteiger charge is -2.32. The van der Waals surface area contributed by atoms with E-state index in [1.54, 1.807) is 11.9 Å². The standard InChI is InChI=1S/C25H29N3O3/c1-15-10-11-19-17(12-15)14-21(26-19)23(29)27-20-13-16-8-6-7-9-18(16)22(20)28(5)24(30)31-25(2,3)4/h6-12,14,20,22,26H,13H2,1-5H3,(H,27,29)/t20-,22-/m1/s1. The summed E-state index contributed by atoms with van der Waals surface area (Å²) in [5.74, 6) is -0.186. The summed E-state index contributed by atoms with van der Waals surface area (Å²) < 4.78 is 5.58. The number of carbonyl (C=O) groups is 2. The number of H-pyrrole nitrogens is 1. The lowest BCUT2D eigenvalue weighted by Crippen LogP contribution is -2.46.